The zero-order chi connectivity index (χ0) is 62.8. The van der Waals surface area contributed by atoms with Crippen LogP contribution < -0.4 is 58.1 Å². The first-order valence-corrected chi connectivity index (χ1v) is 28.3. The van der Waals surface area contributed by atoms with Crippen LogP contribution in [0.5, 0.6) is 17.2 Å². The fourth-order valence-electron chi connectivity index (χ4n) is 7.69. The van der Waals surface area contributed by atoms with Gasteiger partial charge in [-0.15, -0.1) is 0 Å². The fraction of sp³-hybridized carbons (Fsp3) is 0.440. The molecule has 0 bridgehead atoms. The zero-order valence-electron chi connectivity index (χ0n) is 46.2. The number of benzene rings is 3. The standard InChI is InChI=1S/C22H32N5O8P.C18H17F5NO5P.C10H16N4O4/c1-13(2)33-19(29)14(3)26-36(31,35-15-8-6-5-7-9-15)32-12-16-18(28)22(4,24)20(34-16)27-11-10-17(23)25-21(27)30;1-9(2)27-18(25)10(3)24-30(26,28-11-7-5-4-6-8-11)29-17-15(22)13(20)12(19)14(21)16(17)23;1-10(12)7(16)5(4-15)18-8(10)14-3-2-6(11)13-9(14)17/h5-11,13-14,16,18,20,28H,12,24H2,1-4H3,(H,26,31)(H2,23,25,30);4-10H,1-3H3,(H,24,26);2-3,5,7-8,15-16H,4,12H2,1H3,(H2,11,13,17)/t14-,16+,18+,20+,22+,36?;10-,30?;5-,7-,8-,10-/m001/s1. The van der Waals surface area contributed by atoms with Crippen molar-refractivity contribution in [3.05, 3.63) is 135 Å². The topological polar surface area (TPSA) is 401 Å². The highest BCUT2D eigenvalue weighted by molar-refractivity contribution is 7.52. The number of hydrogen-bond acceptors (Lipinski definition) is 23. The molecule has 2 aliphatic heterocycles. The third-order valence-electron chi connectivity index (χ3n) is 11.9. The molecule has 4 heterocycles. The second-order valence-corrected chi connectivity index (χ2v) is 23.0. The lowest BCUT2D eigenvalue weighted by atomic mass is 9.93. The van der Waals surface area contributed by atoms with Gasteiger partial charge < -0.3 is 70.8 Å². The van der Waals surface area contributed by atoms with Gasteiger partial charge in [-0.25, -0.2) is 31.9 Å². The number of carbonyl (C=O) groups excluding carboxylic acids is 2. The summed E-state index contributed by atoms with van der Waals surface area (Å²) < 4.78 is 139. The van der Waals surface area contributed by atoms with Crippen molar-refractivity contribution in [3.63, 3.8) is 0 Å². The molecule has 462 valence electrons. The molecular weight excluding hydrogens is 1170 g/mol. The number of aliphatic hydroxyl groups excluding tert-OH is 3. The van der Waals surface area contributed by atoms with Crippen LogP contribution in [0, 0.1) is 29.1 Å². The maximum absolute atomic E-state index is 14.0. The summed E-state index contributed by atoms with van der Waals surface area (Å²) in [6.07, 6.45) is -4.59. The molecule has 2 fully saturated rings. The Morgan fingerprint density at radius 2 is 1.00 bits per heavy atom. The molecule has 2 saturated heterocycles. The van der Waals surface area contributed by atoms with E-state index < -0.39 is 146 Å². The van der Waals surface area contributed by atoms with Gasteiger partial charge in [0.1, 0.15) is 59.6 Å². The van der Waals surface area contributed by atoms with Crippen LogP contribution in [0.25, 0.3) is 0 Å². The number of anilines is 2. The number of nitrogens with zero attached hydrogens (tertiary/aromatic N) is 4. The van der Waals surface area contributed by atoms with Gasteiger partial charge in [-0.3, -0.25) is 23.2 Å². The van der Waals surface area contributed by atoms with Crippen LogP contribution in [-0.4, -0.2) is 119 Å². The Labute approximate surface area is 476 Å². The Hall–Kier alpha value is -6.93. The third kappa shape index (κ3) is 16.9. The smallest absolute Gasteiger partial charge is 0.462 e. The minimum Gasteiger partial charge on any atom is -0.462 e. The maximum Gasteiger partial charge on any atom is 0.513 e. The third-order valence-corrected chi connectivity index (χ3v) is 15.1. The molecule has 0 saturated carbocycles. The van der Waals surface area contributed by atoms with E-state index in [1.807, 2.05) is 0 Å². The summed E-state index contributed by atoms with van der Waals surface area (Å²) in [7, 11) is -9.12. The van der Waals surface area contributed by atoms with Gasteiger partial charge in [0.25, 0.3) is 0 Å². The number of nitrogens with two attached hydrogens (primary N) is 4. The van der Waals surface area contributed by atoms with Crippen LogP contribution in [0.2, 0.25) is 0 Å². The minimum atomic E-state index is -4.91. The van der Waals surface area contributed by atoms with Crippen molar-refractivity contribution in [1.29, 1.82) is 0 Å². The lowest BCUT2D eigenvalue weighted by Gasteiger charge is -2.28. The number of rotatable bonds is 20. The summed E-state index contributed by atoms with van der Waals surface area (Å²) >= 11 is 0. The van der Waals surface area contributed by atoms with Gasteiger partial charge in [-0.05, 0) is 91.8 Å². The van der Waals surface area contributed by atoms with E-state index >= 15 is 0 Å². The van der Waals surface area contributed by atoms with Gasteiger partial charge in [0, 0.05) is 12.4 Å². The Balaban J connectivity index is 0.000000243. The highest BCUT2D eigenvalue weighted by Gasteiger charge is 2.54. The highest BCUT2D eigenvalue weighted by Crippen LogP contribution is 2.49. The summed E-state index contributed by atoms with van der Waals surface area (Å²) in [6, 6.07) is 15.6. The molecule has 2 aromatic heterocycles. The van der Waals surface area contributed by atoms with E-state index in [1.54, 1.807) is 57.2 Å². The minimum absolute atomic E-state index is 0.0172. The molecule has 5 aromatic rings. The SMILES string of the molecule is CC(C)OC(=O)[C@H](C)NP(=O)(OC[C@H]1O[C@@H](n2ccc(N)nc2=O)[C@](C)(N)[C@@H]1O)Oc1ccccc1.CC(C)OC(=O)[C@H](C)NP(=O)(Oc1ccccc1)Oc1c(F)c(F)c(F)c(F)c1F.C[C@@]1(N)[C@H](O)[C@@H](CO)O[C@H]1n1ccc(N)nc1=O. The number of hydrogen-bond donors (Lipinski definition) is 9. The summed E-state index contributed by atoms with van der Waals surface area (Å²) in [4.78, 5) is 55.5. The van der Waals surface area contributed by atoms with E-state index in [-0.39, 0.29) is 35.8 Å². The first-order chi connectivity index (χ1) is 39.1. The van der Waals surface area contributed by atoms with E-state index in [2.05, 4.69) is 24.7 Å². The van der Waals surface area contributed by atoms with Gasteiger partial charge in [-0.1, -0.05) is 36.4 Å². The van der Waals surface area contributed by atoms with Crippen LogP contribution in [0.1, 0.15) is 67.8 Å². The Morgan fingerprint density at radius 1 is 0.631 bits per heavy atom. The molecule has 3 aromatic carbocycles. The summed E-state index contributed by atoms with van der Waals surface area (Å²) in [5.74, 6) is -15.0. The van der Waals surface area contributed by atoms with Crippen molar-refractivity contribution < 1.29 is 93.0 Å². The summed E-state index contributed by atoms with van der Waals surface area (Å²) in [6.45, 7) is 11.3. The quantitative estimate of drug-likeness (QED) is 0.0177. The van der Waals surface area contributed by atoms with Crippen LogP contribution in [0.4, 0.5) is 33.6 Å². The molecule has 27 nitrogen and oxygen atoms in total. The number of halogens is 5. The first kappa shape index (κ1) is 67.9. The molecule has 2 aliphatic rings. The number of carbonyl (C=O) groups is 2. The van der Waals surface area contributed by atoms with Crippen LogP contribution in [0.15, 0.2) is 94.8 Å². The lowest BCUT2D eigenvalue weighted by Crippen LogP contribution is -2.53. The molecule has 0 radical (unpaired) electrons. The van der Waals surface area contributed by atoms with Crippen LogP contribution in [0.3, 0.4) is 0 Å². The molecule has 0 amide bonds. The van der Waals surface area contributed by atoms with E-state index in [1.165, 1.54) is 83.4 Å². The molecule has 0 spiro atoms. The first-order valence-electron chi connectivity index (χ1n) is 25.2. The number of para-hydroxylation sites is 2. The van der Waals surface area contributed by atoms with Crippen LogP contribution in [-0.2, 0) is 42.2 Å². The van der Waals surface area contributed by atoms with Crippen molar-refractivity contribution in [3.8, 4) is 17.2 Å². The van der Waals surface area contributed by atoms with E-state index in [9.17, 15) is 60.5 Å². The normalized spacial score (nSPS) is 24.0. The van der Waals surface area contributed by atoms with Gasteiger partial charge in [-0.2, -0.15) is 28.9 Å². The highest BCUT2D eigenvalue weighted by atomic mass is 31.2. The Bertz CT molecular complexity index is 3270. The molecular formula is C50H65F5N10O17P2. The van der Waals surface area contributed by atoms with Crippen molar-refractivity contribution >= 4 is 39.1 Å². The predicted molar refractivity (Wildman–Crippen MR) is 288 cm³/mol. The number of ether oxygens (including phenoxy) is 4. The zero-order valence-corrected chi connectivity index (χ0v) is 48.0. The van der Waals surface area contributed by atoms with E-state index in [4.69, 9.17) is 60.6 Å². The summed E-state index contributed by atoms with van der Waals surface area (Å²) in [5, 5.41) is 34.5. The Kier molecular flexibility index (Phi) is 22.9. The molecule has 34 heteroatoms. The second-order valence-electron chi connectivity index (χ2n) is 19.7. The number of esters is 2. The average molecular weight is 1240 g/mol. The molecule has 0 aliphatic carbocycles. The van der Waals surface area contributed by atoms with Gasteiger partial charge in [0.15, 0.2) is 12.5 Å². The van der Waals surface area contributed by atoms with Gasteiger partial charge in [0.2, 0.25) is 34.8 Å². The number of nitrogen functional groups attached to an aromatic ring is 2. The van der Waals surface area contributed by atoms with Crippen molar-refractivity contribution in [2.75, 3.05) is 24.7 Å². The Morgan fingerprint density at radius 3 is 1.38 bits per heavy atom. The number of aromatic nitrogens is 4. The lowest BCUT2D eigenvalue weighted by molar-refractivity contribution is -0.150. The largest absolute Gasteiger partial charge is 0.513 e. The summed E-state index contributed by atoms with van der Waals surface area (Å²) in [5.41, 5.74) is 19.2. The van der Waals surface area contributed by atoms with Crippen molar-refractivity contribution in [1.82, 2.24) is 29.3 Å². The maximum atomic E-state index is 14.0. The van der Waals surface area contributed by atoms with Gasteiger partial charge >= 0.3 is 38.8 Å². The average Bonchev–Trinajstić information content (AvgIpc) is 1.93. The molecule has 7 rings (SSSR count). The van der Waals surface area contributed by atoms with Crippen LogP contribution >= 0.6 is 15.5 Å². The molecule has 2 unspecified atom stereocenters. The van der Waals surface area contributed by atoms with Crippen molar-refractivity contribution in [2.45, 2.75) is 128 Å². The van der Waals surface area contributed by atoms with Crippen molar-refractivity contribution in [2.24, 2.45) is 11.5 Å². The van der Waals surface area contributed by atoms with Gasteiger partial charge in [0.05, 0.1) is 36.5 Å². The van der Waals surface area contributed by atoms with E-state index in [0.717, 1.165) is 9.13 Å². The predicted octanol–water partition coefficient (Wildman–Crippen LogP) is 3.61. The fourth-order valence-corrected chi connectivity index (χ4v) is 10.7. The second kappa shape index (κ2) is 28.3. The van der Waals surface area contributed by atoms with E-state index in [0.29, 0.717) is 0 Å². The molecule has 12 atom stereocenters. The number of nitrogens with one attached hydrogen (secondary N) is 2. The number of aliphatic hydroxyl groups is 3. The molecule has 13 N–H and O–H groups in total. The monoisotopic (exact) mass is 1230 g/mol. The molecule has 84 heavy (non-hydrogen) atoms.